The minimum atomic E-state index is -0.262. The van der Waals surface area contributed by atoms with Gasteiger partial charge in [-0.25, -0.2) is 14.4 Å². The molecule has 5 rings (SSSR count). The summed E-state index contributed by atoms with van der Waals surface area (Å²) < 4.78 is 20.9. The van der Waals surface area contributed by atoms with Crippen molar-refractivity contribution < 1.29 is 13.9 Å². The summed E-state index contributed by atoms with van der Waals surface area (Å²) in [7, 11) is 0. The molecule has 1 aromatic carbocycles. The SMILES string of the molecule is O=C(c1cnc2c(c1)ncn2C1CCOCC1)N1CCCCC1c1ccc(F)cc1. The highest BCUT2D eigenvalue weighted by Crippen LogP contribution is 2.32. The Morgan fingerprint density at radius 3 is 2.67 bits per heavy atom. The van der Waals surface area contributed by atoms with Crippen LogP contribution in [0.3, 0.4) is 0 Å². The number of piperidine rings is 1. The standard InChI is InChI=1S/C23H25FN4O2/c24-18-6-4-16(5-7-18)21-3-1-2-10-27(21)23(29)17-13-20-22(25-14-17)28(15-26-20)19-8-11-30-12-9-19/h4-7,13-15,19,21H,1-3,8-12H2. The minimum Gasteiger partial charge on any atom is -0.381 e. The Labute approximate surface area is 174 Å². The molecule has 3 aromatic rings. The van der Waals surface area contributed by atoms with Gasteiger partial charge in [0.2, 0.25) is 0 Å². The monoisotopic (exact) mass is 408 g/mol. The lowest BCUT2D eigenvalue weighted by atomic mass is 9.94. The van der Waals surface area contributed by atoms with E-state index >= 15 is 0 Å². The van der Waals surface area contributed by atoms with Crippen LogP contribution in [0.5, 0.6) is 0 Å². The van der Waals surface area contributed by atoms with Gasteiger partial charge in [-0.15, -0.1) is 0 Å². The van der Waals surface area contributed by atoms with Crippen LogP contribution in [0.25, 0.3) is 11.2 Å². The molecule has 156 valence electrons. The molecule has 2 aliphatic heterocycles. The van der Waals surface area contributed by atoms with E-state index in [1.54, 1.807) is 18.3 Å². The number of halogens is 1. The summed E-state index contributed by atoms with van der Waals surface area (Å²) in [6.07, 6.45) is 8.28. The minimum absolute atomic E-state index is 0.0395. The predicted molar refractivity (Wildman–Crippen MR) is 111 cm³/mol. The Hall–Kier alpha value is -2.80. The molecule has 0 spiro atoms. The number of hydrogen-bond acceptors (Lipinski definition) is 4. The first-order chi connectivity index (χ1) is 14.7. The molecule has 6 nitrogen and oxygen atoms in total. The van der Waals surface area contributed by atoms with Gasteiger partial charge in [-0.05, 0) is 55.9 Å². The Balaban J connectivity index is 1.42. The lowest BCUT2D eigenvalue weighted by Gasteiger charge is -2.36. The predicted octanol–water partition coefficient (Wildman–Crippen LogP) is 4.29. The van der Waals surface area contributed by atoms with E-state index in [0.717, 1.165) is 62.0 Å². The summed E-state index contributed by atoms with van der Waals surface area (Å²) >= 11 is 0. The summed E-state index contributed by atoms with van der Waals surface area (Å²) in [5.41, 5.74) is 3.07. The van der Waals surface area contributed by atoms with Crippen LogP contribution in [-0.2, 0) is 4.74 Å². The number of likely N-dealkylation sites (tertiary alicyclic amines) is 1. The van der Waals surface area contributed by atoms with Crippen LogP contribution >= 0.6 is 0 Å². The van der Waals surface area contributed by atoms with Gasteiger partial charge >= 0.3 is 0 Å². The molecule has 1 amide bonds. The largest absolute Gasteiger partial charge is 0.381 e. The van der Waals surface area contributed by atoms with Crippen molar-refractivity contribution in [1.29, 1.82) is 0 Å². The van der Waals surface area contributed by atoms with E-state index in [1.807, 2.05) is 17.3 Å². The molecule has 0 bridgehead atoms. The number of hydrogen-bond donors (Lipinski definition) is 0. The second-order valence-electron chi connectivity index (χ2n) is 8.12. The van der Waals surface area contributed by atoms with Crippen molar-refractivity contribution in [2.24, 2.45) is 0 Å². The highest BCUT2D eigenvalue weighted by Gasteiger charge is 2.29. The molecule has 0 aliphatic carbocycles. The quantitative estimate of drug-likeness (QED) is 0.649. The zero-order valence-electron chi connectivity index (χ0n) is 16.8. The summed E-state index contributed by atoms with van der Waals surface area (Å²) in [6.45, 7) is 2.19. The summed E-state index contributed by atoms with van der Waals surface area (Å²) in [5.74, 6) is -0.304. The van der Waals surface area contributed by atoms with Gasteiger partial charge in [-0.1, -0.05) is 12.1 Å². The van der Waals surface area contributed by atoms with Crippen molar-refractivity contribution in [1.82, 2.24) is 19.4 Å². The first-order valence-electron chi connectivity index (χ1n) is 10.7. The summed E-state index contributed by atoms with van der Waals surface area (Å²) in [5, 5.41) is 0. The van der Waals surface area contributed by atoms with Gasteiger partial charge in [-0.2, -0.15) is 0 Å². The maximum atomic E-state index is 13.4. The molecule has 2 aromatic heterocycles. The molecule has 2 aliphatic rings. The van der Waals surface area contributed by atoms with E-state index < -0.39 is 0 Å². The second-order valence-corrected chi connectivity index (χ2v) is 8.12. The van der Waals surface area contributed by atoms with Gasteiger partial charge in [-0.3, -0.25) is 4.79 Å². The number of fused-ring (bicyclic) bond motifs is 1. The van der Waals surface area contributed by atoms with E-state index in [-0.39, 0.29) is 17.8 Å². The fraction of sp³-hybridized carbons (Fsp3) is 0.435. The molecule has 1 atom stereocenters. The molecular formula is C23H25FN4O2. The number of aromatic nitrogens is 3. The lowest BCUT2D eigenvalue weighted by Crippen LogP contribution is -2.38. The number of rotatable bonds is 3. The number of pyridine rings is 1. The first-order valence-corrected chi connectivity index (χ1v) is 10.7. The summed E-state index contributed by atoms with van der Waals surface area (Å²) in [6, 6.07) is 8.62. The van der Waals surface area contributed by atoms with E-state index in [9.17, 15) is 9.18 Å². The third-order valence-corrected chi connectivity index (χ3v) is 6.26. The zero-order valence-corrected chi connectivity index (χ0v) is 16.8. The zero-order chi connectivity index (χ0) is 20.5. The highest BCUT2D eigenvalue weighted by molar-refractivity contribution is 5.96. The van der Waals surface area contributed by atoms with Crippen LogP contribution in [-0.4, -0.2) is 45.1 Å². The smallest absolute Gasteiger partial charge is 0.256 e. The number of carbonyl (C=O) groups is 1. The lowest BCUT2D eigenvalue weighted by molar-refractivity contribution is 0.0611. The Kier molecular flexibility index (Phi) is 5.21. The molecule has 30 heavy (non-hydrogen) atoms. The maximum absolute atomic E-state index is 13.4. The Bertz CT molecular complexity index is 1040. The molecule has 0 N–H and O–H groups in total. The van der Waals surface area contributed by atoms with Gasteiger partial charge < -0.3 is 14.2 Å². The average Bonchev–Trinajstić information content (AvgIpc) is 3.23. The van der Waals surface area contributed by atoms with Crippen LogP contribution in [0, 0.1) is 5.82 Å². The van der Waals surface area contributed by atoms with E-state index in [0.29, 0.717) is 18.2 Å². The van der Waals surface area contributed by atoms with Crippen LogP contribution in [0.4, 0.5) is 4.39 Å². The number of benzene rings is 1. The van der Waals surface area contributed by atoms with Gasteiger partial charge in [0, 0.05) is 32.0 Å². The van der Waals surface area contributed by atoms with Crippen LogP contribution in [0.15, 0.2) is 42.9 Å². The van der Waals surface area contributed by atoms with Crippen molar-refractivity contribution in [2.75, 3.05) is 19.8 Å². The third kappa shape index (κ3) is 3.58. The van der Waals surface area contributed by atoms with Gasteiger partial charge in [0.05, 0.1) is 17.9 Å². The molecule has 0 radical (unpaired) electrons. The number of nitrogens with zero attached hydrogens (tertiary/aromatic N) is 4. The van der Waals surface area contributed by atoms with Crippen molar-refractivity contribution in [3.8, 4) is 0 Å². The molecular weight excluding hydrogens is 383 g/mol. The van der Waals surface area contributed by atoms with Gasteiger partial charge in [0.25, 0.3) is 5.91 Å². The summed E-state index contributed by atoms with van der Waals surface area (Å²) in [4.78, 5) is 24.4. The molecule has 7 heteroatoms. The molecule has 1 unspecified atom stereocenters. The number of imidazole rings is 1. The topological polar surface area (TPSA) is 60.3 Å². The molecule has 0 saturated carbocycles. The average molecular weight is 408 g/mol. The Morgan fingerprint density at radius 2 is 1.87 bits per heavy atom. The first kappa shape index (κ1) is 19.2. The number of carbonyl (C=O) groups excluding carboxylic acids is 1. The molecule has 2 fully saturated rings. The van der Waals surface area contributed by atoms with E-state index in [4.69, 9.17) is 4.74 Å². The van der Waals surface area contributed by atoms with Crippen molar-refractivity contribution in [3.05, 3.63) is 59.8 Å². The van der Waals surface area contributed by atoms with Crippen LogP contribution < -0.4 is 0 Å². The second kappa shape index (κ2) is 8.14. The highest BCUT2D eigenvalue weighted by atomic mass is 19.1. The van der Waals surface area contributed by atoms with E-state index in [2.05, 4.69) is 14.5 Å². The normalized spacial score (nSPS) is 20.6. The van der Waals surface area contributed by atoms with Crippen molar-refractivity contribution >= 4 is 17.1 Å². The van der Waals surface area contributed by atoms with Crippen LogP contribution in [0.2, 0.25) is 0 Å². The number of ether oxygens (including phenoxy) is 1. The van der Waals surface area contributed by atoms with Crippen molar-refractivity contribution in [3.63, 3.8) is 0 Å². The third-order valence-electron chi connectivity index (χ3n) is 6.26. The maximum Gasteiger partial charge on any atom is 0.256 e. The van der Waals surface area contributed by atoms with E-state index in [1.165, 1.54) is 12.1 Å². The number of amides is 1. The molecule has 2 saturated heterocycles. The fourth-order valence-electron chi connectivity index (χ4n) is 4.64. The van der Waals surface area contributed by atoms with Crippen LogP contribution in [0.1, 0.15) is 60.1 Å². The Morgan fingerprint density at radius 1 is 1.07 bits per heavy atom. The molecule has 4 heterocycles. The fourth-order valence-corrected chi connectivity index (χ4v) is 4.64. The van der Waals surface area contributed by atoms with Gasteiger partial charge in [0.1, 0.15) is 11.3 Å². The van der Waals surface area contributed by atoms with Crippen molar-refractivity contribution in [2.45, 2.75) is 44.2 Å². The van der Waals surface area contributed by atoms with Gasteiger partial charge in [0.15, 0.2) is 5.65 Å².